The molecule has 4 nitrogen and oxygen atoms in total. The van der Waals surface area contributed by atoms with Gasteiger partial charge in [0.05, 0.1) is 11.1 Å². The first-order valence-electron chi connectivity index (χ1n) is 21.6. The number of fused-ring (bicyclic) bond motifs is 8. The van der Waals surface area contributed by atoms with Crippen LogP contribution in [0.1, 0.15) is 22.3 Å². The Kier molecular flexibility index (Phi) is 8.27. The van der Waals surface area contributed by atoms with Gasteiger partial charge in [0.25, 0.3) is 0 Å². The highest BCUT2D eigenvalue weighted by atomic mass is 32.1. The smallest absolute Gasteiger partial charge is 0.165 e. The Hall–Kier alpha value is -8.12. The molecule has 0 N–H and O–H groups in total. The predicted octanol–water partition coefficient (Wildman–Crippen LogP) is 15.0. The van der Waals surface area contributed by atoms with Crippen LogP contribution in [0.3, 0.4) is 0 Å². The van der Waals surface area contributed by atoms with Gasteiger partial charge in [-0.05, 0) is 85.9 Å². The first kappa shape index (κ1) is 36.5. The minimum absolute atomic E-state index is 0.554. The zero-order chi connectivity index (χ0) is 42.2. The van der Waals surface area contributed by atoms with Crippen LogP contribution in [0.25, 0.3) is 98.3 Å². The van der Waals surface area contributed by atoms with E-state index in [1.165, 1.54) is 54.2 Å². The summed E-state index contributed by atoms with van der Waals surface area (Å²) in [6, 6.07) is 76.1. The Bertz CT molecular complexity index is 3760. The maximum absolute atomic E-state index is 5.40. The summed E-state index contributed by atoms with van der Waals surface area (Å²) in [6.07, 6.45) is 1.96. The van der Waals surface area contributed by atoms with E-state index in [4.69, 9.17) is 19.9 Å². The average Bonchev–Trinajstić information content (AvgIpc) is 3.90. The second-order valence-corrected chi connectivity index (χ2v) is 17.6. The van der Waals surface area contributed by atoms with Crippen molar-refractivity contribution in [1.82, 2.24) is 19.9 Å². The summed E-state index contributed by atoms with van der Waals surface area (Å²) < 4.78 is 2.40. The molecule has 0 atom stereocenters. The zero-order valence-electron chi connectivity index (χ0n) is 34.5. The van der Waals surface area contributed by atoms with Crippen molar-refractivity contribution in [2.45, 2.75) is 5.41 Å². The standard InChI is InChI=1S/C59H36N4S/c1-3-16-44(17-4-1)59(45-18-5-2-6-19-45)51-24-11-9-20-46(51)47-31-30-41(34-52(47)59)57-61-56(62-58(63-57)50-23-13-22-49-48-21-10-12-25-54(48)64-55(49)50)40-29-27-37-26-28-39(32-43(37)33-40)53-35-38-14-7-8-15-42(38)36-60-53/h1-36H. The quantitative estimate of drug-likeness (QED) is 0.167. The van der Waals surface area contributed by atoms with E-state index in [1.54, 1.807) is 11.3 Å². The summed E-state index contributed by atoms with van der Waals surface area (Å²) in [5.74, 6) is 1.89. The van der Waals surface area contributed by atoms with Gasteiger partial charge in [-0.1, -0.05) is 176 Å². The van der Waals surface area contributed by atoms with Crippen molar-refractivity contribution in [2.24, 2.45) is 0 Å². The van der Waals surface area contributed by atoms with Crippen LogP contribution in [0.5, 0.6) is 0 Å². The number of benzene rings is 9. The minimum atomic E-state index is -0.554. The van der Waals surface area contributed by atoms with Crippen LogP contribution < -0.4 is 0 Å². The summed E-state index contributed by atoms with van der Waals surface area (Å²) in [7, 11) is 0. The summed E-state index contributed by atoms with van der Waals surface area (Å²) in [4.78, 5) is 21.0. The fraction of sp³-hybridized carbons (Fsp3) is 0.0169. The molecule has 0 saturated heterocycles. The number of thiophene rings is 1. The summed E-state index contributed by atoms with van der Waals surface area (Å²) in [5, 5.41) is 6.95. The topological polar surface area (TPSA) is 51.6 Å². The molecule has 0 amide bonds. The van der Waals surface area contributed by atoms with E-state index in [-0.39, 0.29) is 0 Å². The van der Waals surface area contributed by atoms with E-state index in [2.05, 4.69) is 206 Å². The molecule has 9 aromatic carbocycles. The molecule has 1 aliphatic carbocycles. The third-order valence-corrected chi connectivity index (χ3v) is 14.2. The summed E-state index contributed by atoms with van der Waals surface area (Å²) in [5.41, 5.74) is 11.6. The number of pyridine rings is 1. The molecular formula is C59H36N4S. The molecule has 0 bridgehead atoms. The average molecular weight is 833 g/mol. The molecule has 13 rings (SSSR count). The molecule has 298 valence electrons. The maximum Gasteiger partial charge on any atom is 0.165 e. The van der Waals surface area contributed by atoms with Crippen LogP contribution in [0.15, 0.2) is 219 Å². The van der Waals surface area contributed by atoms with Crippen molar-refractivity contribution in [1.29, 1.82) is 0 Å². The van der Waals surface area contributed by atoms with Gasteiger partial charge in [0, 0.05) is 54.0 Å². The van der Waals surface area contributed by atoms with Gasteiger partial charge in [-0.2, -0.15) is 0 Å². The van der Waals surface area contributed by atoms with Crippen LogP contribution in [0, 0.1) is 0 Å². The lowest BCUT2D eigenvalue weighted by Gasteiger charge is -2.34. The fourth-order valence-electron chi connectivity index (χ4n) is 10.0. The largest absolute Gasteiger partial charge is 0.256 e. The van der Waals surface area contributed by atoms with E-state index >= 15 is 0 Å². The van der Waals surface area contributed by atoms with Gasteiger partial charge in [0.2, 0.25) is 0 Å². The van der Waals surface area contributed by atoms with Gasteiger partial charge in [-0.15, -0.1) is 11.3 Å². The van der Waals surface area contributed by atoms with Gasteiger partial charge in [-0.25, -0.2) is 15.0 Å². The van der Waals surface area contributed by atoms with Crippen LogP contribution in [0.2, 0.25) is 0 Å². The minimum Gasteiger partial charge on any atom is -0.256 e. The van der Waals surface area contributed by atoms with E-state index in [0.717, 1.165) is 48.8 Å². The summed E-state index contributed by atoms with van der Waals surface area (Å²) >= 11 is 1.79. The Labute approximate surface area is 373 Å². The third kappa shape index (κ3) is 5.68. The van der Waals surface area contributed by atoms with E-state index in [0.29, 0.717) is 17.5 Å². The van der Waals surface area contributed by atoms with Crippen molar-refractivity contribution < 1.29 is 0 Å². The highest BCUT2D eigenvalue weighted by Crippen LogP contribution is 2.56. The van der Waals surface area contributed by atoms with Crippen LogP contribution in [-0.2, 0) is 5.41 Å². The van der Waals surface area contributed by atoms with Gasteiger partial charge < -0.3 is 0 Å². The SMILES string of the molecule is c1ccc(C2(c3ccccc3)c3ccccc3-c3ccc(-c4nc(-c5ccc6ccc(-c7cc8ccccc8cn7)cc6c5)nc(-c5cccc6c5sc5ccccc56)n4)cc32)cc1. The zero-order valence-corrected chi connectivity index (χ0v) is 35.3. The van der Waals surface area contributed by atoms with Crippen molar-refractivity contribution in [3.8, 4) is 56.5 Å². The number of hydrogen-bond acceptors (Lipinski definition) is 5. The second kappa shape index (κ2) is 14.5. The molecule has 0 unspecified atom stereocenters. The van der Waals surface area contributed by atoms with Gasteiger partial charge >= 0.3 is 0 Å². The van der Waals surface area contributed by atoms with E-state index < -0.39 is 5.41 Å². The highest BCUT2D eigenvalue weighted by Gasteiger charge is 2.46. The Morgan fingerprint density at radius 3 is 1.77 bits per heavy atom. The number of nitrogens with zero attached hydrogens (tertiary/aromatic N) is 4. The van der Waals surface area contributed by atoms with Gasteiger partial charge in [0.15, 0.2) is 17.5 Å². The van der Waals surface area contributed by atoms with Crippen LogP contribution in [0.4, 0.5) is 0 Å². The van der Waals surface area contributed by atoms with Crippen molar-refractivity contribution in [3.63, 3.8) is 0 Å². The number of rotatable bonds is 6. The molecule has 0 aliphatic heterocycles. The first-order valence-corrected chi connectivity index (χ1v) is 22.4. The van der Waals surface area contributed by atoms with Crippen molar-refractivity contribution in [3.05, 3.63) is 241 Å². The Balaban J connectivity index is 1.03. The molecule has 0 radical (unpaired) electrons. The molecule has 0 spiro atoms. The van der Waals surface area contributed by atoms with Gasteiger partial charge in [0.1, 0.15) is 0 Å². The molecular weight excluding hydrogens is 797 g/mol. The number of aromatic nitrogens is 4. The lowest BCUT2D eigenvalue weighted by atomic mass is 9.67. The molecule has 1 aliphatic rings. The first-order chi connectivity index (χ1) is 31.7. The maximum atomic E-state index is 5.40. The molecule has 3 heterocycles. The molecule has 12 aromatic rings. The lowest BCUT2D eigenvalue weighted by molar-refractivity contribution is 0.768. The normalized spacial score (nSPS) is 12.8. The van der Waals surface area contributed by atoms with E-state index in [1.807, 2.05) is 12.3 Å². The van der Waals surface area contributed by atoms with Crippen molar-refractivity contribution in [2.75, 3.05) is 0 Å². The third-order valence-electron chi connectivity index (χ3n) is 13.0. The Morgan fingerprint density at radius 1 is 0.359 bits per heavy atom. The van der Waals surface area contributed by atoms with E-state index in [9.17, 15) is 0 Å². The predicted molar refractivity (Wildman–Crippen MR) is 265 cm³/mol. The number of hydrogen-bond donors (Lipinski definition) is 0. The molecule has 3 aromatic heterocycles. The lowest BCUT2D eigenvalue weighted by Crippen LogP contribution is -2.28. The molecule has 0 saturated carbocycles. The summed E-state index contributed by atoms with van der Waals surface area (Å²) in [6.45, 7) is 0. The molecule has 64 heavy (non-hydrogen) atoms. The van der Waals surface area contributed by atoms with Gasteiger partial charge in [-0.3, -0.25) is 4.98 Å². The Morgan fingerprint density at radius 2 is 0.953 bits per heavy atom. The van der Waals surface area contributed by atoms with Crippen LogP contribution in [-0.4, -0.2) is 19.9 Å². The monoisotopic (exact) mass is 832 g/mol. The highest BCUT2D eigenvalue weighted by molar-refractivity contribution is 7.26. The van der Waals surface area contributed by atoms with Crippen molar-refractivity contribution >= 4 is 53.1 Å². The fourth-order valence-corrected chi connectivity index (χ4v) is 11.3. The molecule has 5 heteroatoms. The van der Waals surface area contributed by atoms with Crippen LogP contribution >= 0.6 is 11.3 Å². The second-order valence-electron chi connectivity index (χ2n) is 16.6. The molecule has 0 fully saturated rings.